The van der Waals surface area contributed by atoms with E-state index in [2.05, 4.69) is 26.2 Å². The van der Waals surface area contributed by atoms with Crippen LogP contribution in [0.2, 0.25) is 0 Å². The molecule has 0 aliphatic rings. The fourth-order valence-corrected chi connectivity index (χ4v) is 3.72. The number of aromatic nitrogens is 7. The monoisotopic (exact) mass is 383 g/mol. The lowest BCUT2D eigenvalue weighted by molar-refractivity contribution is 0.718. The summed E-state index contributed by atoms with van der Waals surface area (Å²) < 4.78 is 4.91. The molecule has 10 heteroatoms. The van der Waals surface area contributed by atoms with E-state index in [0.29, 0.717) is 28.0 Å². The van der Waals surface area contributed by atoms with Crippen LogP contribution in [-0.4, -0.2) is 33.9 Å². The van der Waals surface area contributed by atoms with E-state index in [1.807, 2.05) is 36.7 Å². The van der Waals surface area contributed by atoms with Crippen LogP contribution in [0.25, 0.3) is 11.2 Å². The van der Waals surface area contributed by atoms with Crippen molar-refractivity contribution in [2.24, 2.45) is 14.1 Å². The highest BCUT2D eigenvalue weighted by Gasteiger charge is 2.20. The molecule has 27 heavy (non-hydrogen) atoms. The number of nitrogens with one attached hydrogen (secondary N) is 1. The third-order valence-corrected chi connectivity index (χ3v) is 5.29. The van der Waals surface area contributed by atoms with Gasteiger partial charge in [-0.25, -0.2) is 9.78 Å². The Kier molecular flexibility index (Phi) is 4.19. The van der Waals surface area contributed by atoms with Gasteiger partial charge >= 0.3 is 5.69 Å². The Morgan fingerprint density at radius 2 is 2.00 bits per heavy atom. The zero-order valence-corrected chi connectivity index (χ0v) is 15.8. The van der Waals surface area contributed by atoms with Crippen LogP contribution in [0.4, 0.5) is 0 Å². The first-order valence-electron chi connectivity index (χ1n) is 8.21. The van der Waals surface area contributed by atoms with Crippen molar-refractivity contribution in [2.45, 2.75) is 23.8 Å². The number of imidazole rings is 1. The number of hydrogen-bond acceptors (Lipinski definition) is 6. The normalized spacial score (nSPS) is 11.4. The highest BCUT2D eigenvalue weighted by molar-refractivity contribution is 7.99. The molecule has 0 aliphatic carbocycles. The van der Waals surface area contributed by atoms with E-state index in [1.54, 1.807) is 17.9 Å². The predicted molar refractivity (Wildman–Crippen MR) is 101 cm³/mol. The van der Waals surface area contributed by atoms with Crippen LogP contribution in [0.3, 0.4) is 0 Å². The lowest BCUT2D eigenvalue weighted by atomic mass is 10.1. The minimum absolute atomic E-state index is 0.334. The molecule has 0 atom stereocenters. The Bertz CT molecular complexity index is 1260. The van der Waals surface area contributed by atoms with Gasteiger partial charge in [-0.2, -0.15) is 0 Å². The molecule has 0 fully saturated rings. The van der Waals surface area contributed by atoms with Crippen molar-refractivity contribution in [3.63, 3.8) is 0 Å². The summed E-state index contributed by atoms with van der Waals surface area (Å²) in [6.45, 7) is 2.46. The van der Waals surface area contributed by atoms with Gasteiger partial charge in [0.15, 0.2) is 21.5 Å². The summed E-state index contributed by atoms with van der Waals surface area (Å²) in [7, 11) is 3.42. The van der Waals surface area contributed by atoms with Crippen LogP contribution in [0.15, 0.2) is 50.5 Å². The maximum absolute atomic E-state index is 12.5. The average Bonchev–Trinajstić information content (AvgIpc) is 3.18. The van der Waals surface area contributed by atoms with E-state index in [-0.39, 0.29) is 0 Å². The minimum Gasteiger partial charge on any atom is -0.311 e. The predicted octanol–water partition coefficient (Wildman–Crippen LogP) is 1.06. The lowest BCUT2D eigenvalue weighted by Gasteiger charge is -2.09. The van der Waals surface area contributed by atoms with Gasteiger partial charge in [0, 0.05) is 14.1 Å². The van der Waals surface area contributed by atoms with Crippen molar-refractivity contribution in [3.05, 3.63) is 62.6 Å². The van der Waals surface area contributed by atoms with Gasteiger partial charge in [-0.15, -0.1) is 10.2 Å². The minimum atomic E-state index is -0.497. The number of nitrogens with zero attached hydrogens (tertiary/aromatic N) is 6. The second kappa shape index (κ2) is 6.54. The lowest BCUT2D eigenvalue weighted by Crippen LogP contribution is -2.29. The van der Waals surface area contributed by atoms with E-state index in [1.165, 1.54) is 16.3 Å². The summed E-state index contributed by atoms with van der Waals surface area (Å²) in [5.74, 6) is 0. The summed E-state index contributed by atoms with van der Waals surface area (Å²) in [4.78, 5) is 31.4. The Labute approximate surface area is 157 Å². The second-order valence-electron chi connectivity index (χ2n) is 6.29. The van der Waals surface area contributed by atoms with Gasteiger partial charge in [0.1, 0.15) is 6.33 Å². The van der Waals surface area contributed by atoms with Gasteiger partial charge in [-0.1, -0.05) is 29.8 Å². The first-order valence-corrected chi connectivity index (χ1v) is 9.02. The van der Waals surface area contributed by atoms with Crippen molar-refractivity contribution in [1.82, 2.24) is 33.9 Å². The fourth-order valence-electron chi connectivity index (χ4n) is 2.88. The molecule has 0 bridgehead atoms. The zero-order chi connectivity index (χ0) is 19.1. The molecule has 4 rings (SSSR count). The zero-order valence-electron chi connectivity index (χ0n) is 15.0. The highest BCUT2D eigenvalue weighted by atomic mass is 32.2. The van der Waals surface area contributed by atoms with Crippen molar-refractivity contribution >= 4 is 22.9 Å². The number of aryl methyl sites for hydroxylation is 3. The third kappa shape index (κ3) is 3.08. The maximum Gasteiger partial charge on any atom is 0.329 e. The van der Waals surface area contributed by atoms with Gasteiger partial charge in [0.05, 0.1) is 6.54 Å². The Balaban J connectivity index is 1.94. The summed E-state index contributed by atoms with van der Waals surface area (Å²) in [5.41, 5.74) is 1.88. The van der Waals surface area contributed by atoms with E-state index < -0.39 is 11.2 Å². The van der Waals surface area contributed by atoms with Gasteiger partial charge in [0.2, 0.25) is 0 Å². The molecule has 0 aliphatic heterocycles. The van der Waals surface area contributed by atoms with Crippen LogP contribution < -0.4 is 11.2 Å². The molecule has 3 heterocycles. The number of H-pyrrole nitrogens is 1. The maximum atomic E-state index is 12.5. The number of rotatable bonds is 4. The number of hydrogen-bond donors (Lipinski definition) is 1. The smallest absolute Gasteiger partial charge is 0.311 e. The van der Waals surface area contributed by atoms with Crippen molar-refractivity contribution < 1.29 is 0 Å². The molecule has 0 spiro atoms. The molecule has 9 nitrogen and oxygen atoms in total. The largest absolute Gasteiger partial charge is 0.329 e. The number of aromatic amines is 1. The molecule has 4 aromatic rings. The van der Waals surface area contributed by atoms with E-state index in [0.717, 1.165) is 11.1 Å². The van der Waals surface area contributed by atoms with Crippen molar-refractivity contribution in [3.8, 4) is 0 Å². The van der Waals surface area contributed by atoms with Crippen LogP contribution in [0, 0.1) is 6.92 Å². The summed E-state index contributed by atoms with van der Waals surface area (Å²) in [6, 6.07) is 8.03. The molecule has 1 N–H and O–H groups in total. The molecule has 0 amide bonds. The standard InChI is InChI=1S/C17H17N7O2S/c1-10-5-4-6-11(7-10)8-24-12-13(23(3)15(26)20-14(12)25)19-16(24)27-17-21-18-9-22(17)2/h4-7,9H,8H2,1-3H3,(H,20,25,26). The van der Waals surface area contributed by atoms with Crippen LogP contribution >= 0.6 is 11.8 Å². The molecular formula is C17H17N7O2S. The topological polar surface area (TPSA) is 103 Å². The molecule has 3 aromatic heterocycles. The van der Waals surface area contributed by atoms with Crippen LogP contribution in [-0.2, 0) is 20.6 Å². The van der Waals surface area contributed by atoms with E-state index in [4.69, 9.17) is 0 Å². The Morgan fingerprint density at radius 3 is 2.70 bits per heavy atom. The molecule has 138 valence electrons. The number of fused-ring (bicyclic) bond motifs is 1. The Morgan fingerprint density at radius 1 is 1.19 bits per heavy atom. The van der Waals surface area contributed by atoms with Crippen molar-refractivity contribution in [1.29, 1.82) is 0 Å². The molecule has 0 saturated heterocycles. The summed E-state index contributed by atoms with van der Waals surface area (Å²) in [5, 5.41) is 9.15. The van der Waals surface area contributed by atoms with E-state index in [9.17, 15) is 9.59 Å². The molecule has 1 aromatic carbocycles. The van der Waals surface area contributed by atoms with Crippen molar-refractivity contribution in [2.75, 3.05) is 0 Å². The molecule has 0 radical (unpaired) electrons. The summed E-state index contributed by atoms with van der Waals surface area (Å²) >= 11 is 1.29. The first-order chi connectivity index (χ1) is 12.9. The third-order valence-electron chi connectivity index (χ3n) is 4.25. The van der Waals surface area contributed by atoms with Crippen LogP contribution in [0.1, 0.15) is 11.1 Å². The first kappa shape index (κ1) is 17.3. The SMILES string of the molecule is Cc1cccc(Cn2c(Sc3nncn3C)nc3c2c(=O)[nH]c(=O)n3C)c1. The fraction of sp³-hybridized carbons (Fsp3) is 0.235. The van der Waals surface area contributed by atoms with Gasteiger partial charge in [-0.05, 0) is 24.2 Å². The van der Waals surface area contributed by atoms with Crippen LogP contribution in [0.5, 0.6) is 0 Å². The van der Waals surface area contributed by atoms with E-state index >= 15 is 0 Å². The molecule has 0 unspecified atom stereocenters. The average molecular weight is 383 g/mol. The molecular weight excluding hydrogens is 366 g/mol. The second-order valence-corrected chi connectivity index (χ2v) is 7.22. The highest BCUT2D eigenvalue weighted by Crippen LogP contribution is 2.27. The molecule has 0 saturated carbocycles. The van der Waals surface area contributed by atoms with Gasteiger partial charge < -0.3 is 9.13 Å². The van der Waals surface area contributed by atoms with Gasteiger partial charge in [0.25, 0.3) is 5.56 Å². The number of benzene rings is 1. The summed E-state index contributed by atoms with van der Waals surface area (Å²) in [6.07, 6.45) is 1.60. The quantitative estimate of drug-likeness (QED) is 0.565. The van der Waals surface area contributed by atoms with Gasteiger partial charge in [-0.3, -0.25) is 14.3 Å². The Hall–Kier alpha value is -3.14.